The van der Waals surface area contributed by atoms with Crippen LogP contribution in [0.5, 0.6) is 0 Å². The first-order valence-corrected chi connectivity index (χ1v) is 12.9. The minimum absolute atomic E-state index is 0.0150. The van der Waals surface area contributed by atoms with Crippen LogP contribution in [0.2, 0.25) is 0 Å². The van der Waals surface area contributed by atoms with Crippen LogP contribution in [0.25, 0.3) is 10.9 Å². The highest BCUT2D eigenvalue weighted by molar-refractivity contribution is 7.92. The molecule has 174 valence electrons. The van der Waals surface area contributed by atoms with E-state index in [-0.39, 0.29) is 17.3 Å². The Hall–Kier alpha value is -3.13. The molecule has 2 aromatic carbocycles. The van der Waals surface area contributed by atoms with Gasteiger partial charge in [-0.3, -0.25) is 9.59 Å². The number of likely N-dealkylation sites (tertiary alicyclic amines) is 1. The van der Waals surface area contributed by atoms with Gasteiger partial charge in [-0.2, -0.15) is 0 Å². The molecule has 33 heavy (non-hydrogen) atoms. The van der Waals surface area contributed by atoms with Crippen LogP contribution < -0.4 is 5.32 Å². The molecule has 2 amide bonds. The lowest BCUT2D eigenvalue weighted by Gasteiger charge is -2.20. The third-order valence-corrected chi connectivity index (χ3v) is 7.61. The molecule has 1 aromatic heterocycles. The minimum atomic E-state index is -3.92. The quantitative estimate of drug-likeness (QED) is 0.598. The lowest BCUT2D eigenvalue weighted by molar-refractivity contribution is -0.131. The SMILES string of the molecule is Cc1cccc(NC(=O)CS(=O)(=O)c2cn(CC(=O)N3CCCCCC3)c3ccccc23)c1. The van der Waals surface area contributed by atoms with E-state index in [0.717, 1.165) is 44.3 Å². The van der Waals surface area contributed by atoms with Gasteiger partial charge in [0.05, 0.1) is 4.90 Å². The van der Waals surface area contributed by atoms with Gasteiger partial charge < -0.3 is 14.8 Å². The van der Waals surface area contributed by atoms with E-state index in [0.29, 0.717) is 16.6 Å². The summed E-state index contributed by atoms with van der Waals surface area (Å²) < 4.78 is 28.1. The monoisotopic (exact) mass is 467 g/mol. The highest BCUT2D eigenvalue weighted by Crippen LogP contribution is 2.27. The number of hydrogen-bond donors (Lipinski definition) is 1. The molecule has 1 fully saturated rings. The van der Waals surface area contributed by atoms with Gasteiger partial charge in [-0.15, -0.1) is 0 Å². The van der Waals surface area contributed by atoms with E-state index in [1.807, 2.05) is 24.0 Å². The molecule has 0 bridgehead atoms. The average Bonchev–Trinajstić information content (AvgIpc) is 2.94. The zero-order valence-corrected chi connectivity index (χ0v) is 19.6. The van der Waals surface area contributed by atoms with Gasteiger partial charge in [0.1, 0.15) is 12.3 Å². The van der Waals surface area contributed by atoms with E-state index in [2.05, 4.69) is 5.32 Å². The van der Waals surface area contributed by atoms with Crippen LogP contribution in [0.1, 0.15) is 31.2 Å². The molecule has 3 aromatic rings. The van der Waals surface area contributed by atoms with Crippen LogP contribution in [-0.2, 0) is 26.0 Å². The second-order valence-corrected chi connectivity index (χ2v) is 10.6. The maximum atomic E-state index is 13.2. The predicted molar refractivity (Wildman–Crippen MR) is 129 cm³/mol. The fourth-order valence-electron chi connectivity index (χ4n) is 4.33. The Morgan fingerprint density at radius 2 is 1.70 bits per heavy atom. The molecule has 0 radical (unpaired) electrons. The summed E-state index contributed by atoms with van der Waals surface area (Å²) in [5.74, 6) is -1.29. The molecule has 1 aliphatic heterocycles. The molecule has 1 saturated heterocycles. The Labute approximate surface area is 194 Å². The van der Waals surface area contributed by atoms with Crippen LogP contribution in [0.15, 0.2) is 59.6 Å². The summed E-state index contributed by atoms with van der Waals surface area (Å²) in [6.07, 6.45) is 5.74. The molecule has 1 aliphatic rings. The Balaban J connectivity index is 1.57. The van der Waals surface area contributed by atoms with Crippen molar-refractivity contribution in [2.75, 3.05) is 24.2 Å². The van der Waals surface area contributed by atoms with Crippen molar-refractivity contribution in [1.82, 2.24) is 9.47 Å². The number of hydrogen-bond acceptors (Lipinski definition) is 4. The van der Waals surface area contributed by atoms with Crippen molar-refractivity contribution in [3.05, 3.63) is 60.3 Å². The van der Waals surface area contributed by atoms with E-state index in [1.165, 1.54) is 6.20 Å². The lowest BCUT2D eigenvalue weighted by atomic mass is 10.2. The first-order valence-electron chi connectivity index (χ1n) is 11.3. The standard InChI is InChI=1S/C25H29N3O4S/c1-19-9-8-10-20(15-19)26-24(29)18-33(31,32)23-16-28(22-12-5-4-11-21(22)23)17-25(30)27-13-6-2-3-7-14-27/h4-5,8-12,15-16H,2-3,6-7,13-14,17-18H2,1H3,(H,26,29). The smallest absolute Gasteiger partial charge is 0.242 e. The molecular weight excluding hydrogens is 438 g/mol. The first-order chi connectivity index (χ1) is 15.8. The molecule has 0 aliphatic carbocycles. The fourth-order valence-corrected chi connectivity index (χ4v) is 5.70. The topological polar surface area (TPSA) is 88.5 Å². The van der Waals surface area contributed by atoms with Gasteiger partial charge in [0, 0.05) is 35.9 Å². The molecule has 0 spiro atoms. The maximum Gasteiger partial charge on any atom is 0.242 e. The lowest BCUT2D eigenvalue weighted by Crippen LogP contribution is -2.34. The second-order valence-electron chi connectivity index (χ2n) is 8.61. The minimum Gasteiger partial charge on any atom is -0.341 e. The fraction of sp³-hybridized carbons (Fsp3) is 0.360. The molecule has 8 heteroatoms. The predicted octanol–water partition coefficient (Wildman–Crippen LogP) is 3.76. The van der Waals surface area contributed by atoms with Crippen LogP contribution in [0, 0.1) is 6.92 Å². The normalized spacial score (nSPS) is 14.8. The van der Waals surface area contributed by atoms with Crippen LogP contribution in [0.3, 0.4) is 0 Å². The van der Waals surface area contributed by atoms with Gasteiger partial charge in [0.2, 0.25) is 11.8 Å². The number of carbonyl (C=O) groups is 2. The summed E-state index contributed by atoms with van der Waals surface area (Å²) >= 11 is 0. The van der Waals surface area contributed by atoms with Crippen LogP contribution in [0.4, 0.5) is 5.69 Å². The number of sulfone groups is 1. The molecule has 2 heterocycles. The van der Waals surface area contributed by atoms with E-state index < -0.39 is 21.5 Å². The summed E-state index contributed by atoms with van der Waals surface area (Å²) in [6.45, 7) is 3.45. The van der Waals surface area contributed by atoms with E-state index in [9.17, 15) is 18.0 Å². The van der Waals surface area contributed by atoms with Gasteiger partial charge in [-0.1, -0.05) is 43.2 Å². The molecule has 7 nitrogen and oxygen atoms in total. The van der Waals surface area contributed by atoms with E-state index in [1.54, 1.807) is 41.0 Å². The number of benzene rings is 2. The molecule has 1 N–H and O–H groups in total. The number of rotatable bonds is 6. The number of amides is 2. The van der Waals surface area contributed by atoms with Crippen LogP contribution in [-0.4, -0.2) is 48.5 Å². The number of nitrogens with zero attached hydrogens (tertiary/aromatic N) is 2. The van der Waals surface area contributed by atoms with E-state index >= 15 is 0 Å². The molecule has 0 unspecified atom stereocenters. The number of anilines is 1. The maximum absolute atomic E-state index is 13.2. The van der Waals surface area contributed by atoms with Crippen molar-refractivity contribution in [2.24, 2.45) is 0 Å². The third-order valence-electron chi connectivity index (χ3n) is 5.97. The van der Waals surface area contributed by atoms with Crippen molar-refractivity contribution >= 4 is 38.2 Å². The van der Waals surface area contributed by atoms with Crippen molar-refractivity contribution in [1.29, 1.82) is 0 Å². The number of para-hydroxylation sites is 1. The van der Waals surface area contributed by atoms with Crippen molar-refractivity contribution in [2.45, 2.75) is 44.0 Å². The summed E-state index contributed by atoms with van der Waals surface area (Å²) in [4.78, 5) is 27.4. The zero-order chi connectivity index (χ0) is 23.4. The molecular formula is C25H29N3O4S. The average molecular weight is 468 g/mol. The number of aromatic nitrogens is 1. The van der Waals surface area contributed by atoms with Crippen molar-refractivity contribution in [3.8, 4) is 0 Å². The number of aryl methyl sites for hydroxylation is 1. The first kappa shape index (κ1) is 23.0. The summed E-state index contributed by atoms with van der Waals surface area (Å²) in [7, 11) is -3.92. The Bertz CT molecular complexity index is 1270. The Morgan fingerprint density at radius 3 is 2.42 bits per heavy atom. The van der Waals surface area contributed by atoms with Crippen molar-refractivity contribution < 1.29 is 18.0 Å². The van der Waals surface area contributed by atoms with Gasteiger partial charge in [-0.25, -0.2) is 8.42 Å². The van der Waals surface area contributed by atoms with Crippen LogP contribution >= 0.6 is 0 Å². The number of fused-ring (bicyclic) bond motifs is 1. The zero-order valence-electron chi connectivity index (χ0n) is 18.8. The Morgan fingerprint density at radius 1 is 0.970 bits per heavy atom. The molecule has 4 rings (SSSR count). The number of carbonyl (C=O) groups excluding carboxylic acids is 2. The van der Waals surface area contributed by atoms with Gasteiger partial charge in [0.15, 0.2) is 9.84 Å². The third kappa shape index (κ3) is 5.45. The number of nitrogens with one attached hydrogen (secondary N) is 1. The molecule has 0 saturated carbocycles. The molecule has 0 atom stereocenters. The van der Waals surface area contributed by atoms with E-state index in [4.69, 9.17) is 0 Å². The summed E-state index contributed by atoms with van der Waals surface area (Å²) in [5.41, 5.74) is 2.19. The van der Waals surface area contributed by atoms with Crippen molar-refractivity contribution in [3.63, 3.8) is 0 Å². The second kappa shape index (κ2) is 9.79. The van der Waals surface area contributed by atoms with Gasteiger partial charge in [0.25, 0.3) is 0 Å². The van der Waals surface area contributed by atoms with Gasteiger partial charge >= 0.3 is 0 Å². The largest absolute Gasteiger partial charge is 0.341 e. The summed E-state index contributed by atoms with van der Waals surface area (Å²) in [5, 5.41) is 3.18. The Kier molecular flexibility index (Phi) is 6.83. The highest BCUT2D eigenvalue weighted by Gasteiger charge is 2.25. The highest BCUT2D eigenvalue weighted by atomic mass is 32.2. The van der Waals surface area contributed by atoms with Gasteiger partial charge in [-0.05, 0) is 43.5 Å². The summed E-state index contributed by atoms with van der Waals surface area (Å²) in [6, 6.07) is 14.3.